The molecule has 35 heavy (non-hydrogen) atoms. The Hall–Kier alpha value is -3.91. The van der Waals surface area contributed by atoms with Crippen molar-refractivity contribution in [3.63, 3.8) is 0 Å². The summed E-state index contributed by atoms with van der Waals surface area (Å²) in [6, 6.07) is 20.2. The van der Waals surface area contributed by atoms with Gasteiger partial charge < -0.3 is 14.2 Å². The first-order valence-electron chi connectivity index (χ1n) is 11.4. The van der Waals surface area contributed by atoms with Crippen molar-refractivity contribution in [2.45, 2.75) is 12.3 Å². The zero-order valence-electron chi connectivity index (χ0n) is 19.0. The fourth-order valence-corrected chi connectivity index (χ4v) is 4.77. The third-order valence-electron chi connectivity index (χ3n) is 6.49. The summed E-state index contributed by atoms with van der Waals surface area (Å²) in [6.07, 6.45) is 3.98. The molecule has 0 N–H and O–H groups in total. The number of pyridine rings is 1. The number of piperazine rings is 1. The van der Waals surface area contributed by atoms with E-state index in [9.17, 15) is 14.9 Å². The zero-order chi connectivity index (χ0) is 24.4. The average molecular weight is 490 g/mol. The fourth-order valence-electron chi connectivity index (χ4n) is 4.61. The third-order valence-corrected chi connectivity index (χ3v) is 6.72. The number of non-ortho nitro benzene ring substituents is 1. The second-order valence-corrected chi connectivity index (χ2v) is 9.00. The van der Waals surface area contributed by atoms with E-state index in [2.05, 4.69) is 9.88 Å². The summed E-state index contributed by atoms with van der Waals surface area (Å²) in [5.41, 5.74) is 3.75. The molecule has 0 radical (unpaired) electrons. The summed E-state index contributed by atoms with van der Waals surface area (Å²) >= 11 is 6.25. The molecule has 1 saturated heterocycles. The van der Waals surface area contributed by atoms with Crippen LogP contribution >= 0.6 is 11.6 Å². The van der Waals surface area contributed by atoms with Gasteiger partial charge in [0.1, 0.15) is 5.65 Å². The number of hydrogen-bond donors (Lipinski definition) is 0. The third kappa shape index (κ3) is 4.83. The van der Waals surface area contributed by atoms with Crippen LogP contribution in [0, 0.1) is 10.1 Å². The van der Waals surface area contributed by atoms with Crippen molar-refractivity contribution in [2.24, 2.45) is 0 Å². The van der Waals surface area contributed by atoms with E-state index >= 15 is 0 Å². The van der Waals surface area contributed by atoms with Crippen LogP contribution < -0.4 is 4.90 Å². The van der Waals surface area contributed by atoms with E-state index in [4.69, 9.17) is 11.6 Å². The fraction of sp³-hybridized carbons (Fsp3) is 0.231. The number of carbonyl (C=O) groups excluding carboxylic acids is 1. The number of benzene rings is 2. The minimum Gasteiger partial charge on any atom is -0.368 e. The number of nitro groups is 1. The van der Waals surface area contributed by atoms with Gasteiger partial charge in [0, 0.05) is 68.7 Å². The summed E-state index contributed by atoms with van der Waals surface area (Å²) in [6.45, 7) is 2.53. The summed E-state index contributed by atoms with van der Waals surface area (Å²) in [7, 11) is 0. The molecule has 0 spiro atoms. The van der Waals surface area contributed by atoms with Crippen molar-refractivity contribution < 1.29 is 9.72 Å². The Kier molecular flexibility index (Phi) is 6.37. The first kappa shape index (κ1) is 22.9. The van der Waals surface area contributed by atoms with Crippen LogP contribution in [-0.4, -0.2) is 51.3 Å². The highest BCUT2D eigenvalue weighted by Crippen LogP contribution is 2.30. The minimum absolute atomic E-state index is 0.0724. The molecular formula is C26H24ClN5O3. The number of rotatable bonds is 6. The molecule has 4 aromatic rings. The molecule has 178 valence electrons. The molecule has 2 aromatic carbocycles. The second-order valence-electron chi connectivity index (χ2n) is 8.57. The Balaban J connectivity index is 1.32. The lowest BCUT2D eigenvalue weighted by Crippen LogP contribution is -2.49. The lowest BCUT2D eigenvalue weighted by atomic mass is 9.92. The van der Waals surface area contributed by atoms with E-state index in [0.29, 0.717) is 37.6 Å². The standard InChI is InChI=1S/C26H24ClN5O3/c27-20-6-11-25-28-17-24(31(25)18-20)23(19-4-2-1-3-5-19)16-26(33)30-14-12-29(13-15-30)21-7-9-22(10-8-21)32(34)35/h1-11,17-18,23H,12-16H2. The van der Waals surface area contributed by atoms with Crippen molar-refractivity contribution in [3.05, 3.63) is 106 Å². The average Bonchev–Trinajstić information content (AvgIpc) is 3.30. The Morgan fingerprint density at radius 3 is 2.40 bits per heavy atom. The van der Waals surface area contributed by atoms with Gasteiger partial charge in [0.05, 0.1) is 15.6 Å². The SMILES string of the molecule is O=C(CC(c1ccccc1)c1cnc2ccc(Cl)cn12)N1CCN(c2ccc([N+](=O)[O-])cc2)CC1. The van der Waals surface area contributed by atoms with E-state index in [-0.39, 0.29) is 17.5 Å². The van der Waals surface area contributed by atoms with Gasteiger partial charge in [-0.2, -0.15) is 0 Å². The van der Waals surface area contributed by atoms with Crippen molar-refractivity contribution in [1.82, 2.24) is 14.3 Å². The van der Waals surface area contributed by atoms with Crippen LogP contribution in [0.3, 0.4) is 0 Å². The van der Waals surface area contributed by atoms with Gasteiger partial charge in [-0.3, -0.25) is 14.9 Å². The normalized spacial score (nSPS) is 14.8. The summed E-state index contributed by atoms with van der Waals surface area (Å²) < 4.78 is 1.96. The molecule has 0 bridgehead atoms. The van der Waals surface area contributed by atoms with Gasteiger partial charge in [0.15, 0.2) is 0 Å². The predicted molar refractivity (Wildman–Crippen MR) is 135 cm³/mol. The van der Waals surface area contributed by atoms with E-state index in [0.717, 1.165) is 22.6 Å². The van der Waals surface area contributed by atoms with E-state index in [1.165, 1.54) is 12.1 Å². The molecule has 5 rings (SSSR count). The summed E-state index contributed by atoms with van der Waals surface area (Å²) in [5.74, 6) is -0.0796. The van der Waals surface area contributed by atoms with Crippen LogP contribution in [-0.2, 0) is 4.79 Å². The Labute approximate surface area is 207 Å². The Morgan fingerprint density at radius 1 is 1.00 bits per heavy atom. The number of aromatic nitrogens is 2. The monoisotopic (exact) mass is 489 g/mol. The number of amides is 1. The molecule has 1 amide bonds. The van der Waals surface area contributed by atoms with Crippen LogP contribution in [0.4, 0.5) is 11.4 Å². The Bertz CT molecular complexity index is 1350. The highest BCUT2D eigenvalue weighted by molar-refractivity contribution is 6.30. The topological polar surface area (TPSA) is 84.0 Å². The van der Waals surface area contributed by atoms with E-state index in [1.54, 1.807) is 18.2 Å². The zero-order valence-corrected chi connectivity index (χ0v) is 19.7. The molecule has 1 aliphatic heterocycles. The van der Waals surface area contributed by atoms with Crippen LogP contribution in [0.15, 0.2) is 79.1 Å². The van der Waals surface area contributed by atoms with Crippen LogP contribution in [0.2, 0.25) is 5.02 Å². The molecule has 3 heterocycles. The molecule has 0 aliphatic carbocycles. The van der Waals surface area contributed by atoms with Crippen LogP contribution in [0.5, 0.6) is 0 Å². The summed E-state index contributed by atoms with van der Waals surface area (Å²) in [4.78, 5) is 32.5. The predicted octanol–water partition coefficient (Wildman–Crippen LogP) is 4.77. The molecule has 0 saturated carbocycles. The highest BCUT2D eigenvalue weighted by Gasteiger charge is 2.27. The summed E-state index contributed by atoms with van der Waals surface area (Å²) in [5, 5.41) is 11.5. The number of nitro benzene ring substituents is 1. The number of imidazole rings is 1. The molecule has 1 atom stereocenters. The molecular weight excluding hydrogens is 466 g/mol. The number of anilines is 1. The largest absolute Gasteiger partial charge is 0.368 e. The smallest absolute Gasteiger partial charge is 0.269 e. The van der Waals surface area contributed by atoms with Gasteiger partial charge in [0.2, 0.25) is 5.91 Å². The molecule has 2 aromatic heterocycles. The lowest BCUT2D eigenvalue weighted by Gasteiger charge is -2.36. The van der Waals surface area contributed by atoms with Crippen molar-refractivity contribution in [1.29, 1.82) is 0 Å². The number of halogens is 1. The highest BCUT2D eigenvalue weighted by atomic mass is 35.5. The maximum Gasteiger partial charge on any atom is 0.269 e. The number of hydrogen-bond acceptors (Lipinski definition) is 5. The number of nitrogens with zero attached hydrogens (tertiary/aromatic N) is 5. The quantitative estimate of drug-likeness (QED) is 0.288. The molecule has 8 nitrogen and oxygen atoms in total. The van der Waals surface area contributed by atoms with Gasteiger partial charge in [-0.05, 0) is 29.8 Å². The van der Waals surface area contributed by atoms with Crippen molar-refractivity contribution >= 4 is 34.5 Å². The van der Waals surface area contributed by atoms with Gasteiger partial charge in [0.25, 0.3) is 5.69 Å². The molecule has 1 unspecified atom stereocenters. The van der Waals surface area contributed by atoms with E-state index in [1.807, 2.05) is 58.1 Å². The van der Waals surface area contributed by atoms with Gasteiger partial charge >= 0.3 is 0 Å². The van der Waals surface area contributed by atoms with Gasteiger partial charge in [-0.1, -0.05) is 41.9 Å². The minimum atomic E-state index is -0.402. The maximum absolute atomic E-state index is 13.4. The second kappa shape index (κ2) is 9.76. The maximum atomic E-state index is 13.4. The first-order valence-corrected chi connectivity index (χ1v) is 11.8. The first-order chi connectivity index (χ1) is 17.0. The van der Waals surface area contributed by atoms with Gasteiger partial charge in [-0.15, -0.1) is 0 Å². The van der Waals surface area contributed by atoms with Crippen LogP contribution in [0.25, 0.3) is 5.65 Å². The van der Waals surface area contributed by atoms with Crippen molar-refractivity contribution in [3.8, 4) is 0 Å². The molecule has 9 heteroatoms. The number of fused-ring (bicyclic) bond motifs is 1. The molecule has 1 fully saturated rings. The van der Waals surface area contributed by atoms with Crippen LogP contribution in [0.1, 0.15) is 23.6 Å². The lowest BCUT2D eigenvalue weighted by molar-refractivity contribution is -0.384. The number of carbonyl (C=O) groups is 1. The van der Waals surface area contributed by atoms with Gasteiger partial charge in [-0.25, -0.2) is 4.98 Å². The van der Waals surface area contributed by atoms with E-state index < -0.39 is 4.92 Å². The van der Waals surface area contributed by atoms with Crippen molar-refractivity contribution in [2.75, 3.05) is 31.1 Å². The molecule has 1 aliphatic rings. The Morgan fingerprint density at radius 2 is 1.71 bits per heavy atom.